The van der Waals surface area contributed by atoms with Gasteiger partial charge in [-0.3, -0.25) is 29.5 Å². The molecular weight excluding hydrogens is 521 g/mol. The number of nitrogens with zero attached hydrogens (tertiary/aromatic N) is 2. The third-order valence-corrected chi connectivity index (χ3v) is 7.16. The van der Waals surface area contributed by atoms with Crippen molar-refractivity contribution in [2.45, 2.75) is 37.0 Å². The number of piperidine rings is 1. The van der Waals surface area contributed by atoms with Gasteiger partial charge < -0.3 is 35.0 Å². The normalized spacial score (nSPS) is 24.5. The highest BCUT2D eigenvalue weighted by atomic mass is 19.1. The molecule has 2 aromatic carbocycles. The fourth-order valence-electron chi connectivity index (χ4n) is 4.83. The van der Waals surface area contributed by atoms with Crippen molar-refractivity contribution in [3.8, 4) is 5.75 Å². The lowest BCUT2D eigenvalue weighted by molar-refractivity contribution is -0.407. The van der Waals surface area contributed by atoms with Gasteiger partial charge in [0.2, 0.25) is 0 Å². The first-order valence-corrected chi connectivity index (χ1v) is 12.0. The Morgan fingerprint density at radius 3 is 2.41 bits per heavy atom. The number of halogens is 1. The van der Waals surface area contributed by atoms with Crippen molar-refractivity contribution in [2.24, 2.45) is 0 Å². The topological polar surface area (TPSA) is 189 Å². The third kappa shape index (κ3) is 4.26. The van der Waals surface area contributed by atoms with Crippen LogP contribution >= 0.6 is 0 Å². The largest absolute Gasteiger partial charge is 0.488 e. The van der Waals surface area contributed by atoms with Gasteiger partial charge in [0.05, 0.1) is 19.8 Å². The number of fused-ring (bicyclic) bond motifs is 1. The fourth-order valence-corrected chi connectivity index (χ4v) is 4.83. The number of hydrogen-bond donors (Lipinski definition) is 6. The summed E-state index contributed by atoms with van der Waals surface area (Å²) in [7, 11) is 0. The summed E-state index contributed by atoms with van der Waals surface area (Å²) < 4.78 is 25.9. The van der Waals surface area contributed by atoms with Crippen molar-refractivity contribution in [1.29, 1.82) is 0 Å². The smallest absolute Gasteiger partial charge is 0.306 e. The first kappa shape index (κ1) is 27.1. The van der Waals surface area contributed by atoms with Gasteiger partial charge in [-0.25, -0.2) is 4.39 Å². The summed E-state index contributed by atoms with van der Waals surface area (Å²) in [5.74, 6) is -13.5. The number of ether oxygens (including phenoxy) is 2. The Balaban J connectivity index is 1.35. The molecule has 0 radical (unpaired) electrons. The number of hydrogen-bond acceptors (Lipinski definition) is 11. The van der Waals surface area contributed by atoms with Gasteiger partial charge in [-0.1, -0.05) is 18.2 Å². The molecule has 6 N–H and O–H groups in total. The zero-order chi connectivity index (χ0) is 28.2. The molecule has 2 aromatic rings. The zero-order valence-corrected chi connectivity index (χ0v) is 20.5. The van der Waals surface area contributed by atoms with Crippen LogP contribution in [-0.4, -0.2) is 96.7 Å². The minimum Gasteiger partial charge on any atom is -0.488 e. The van der Waals surface area contributed by atoms with Gasteiger partial charge >= 0.3 is 5.79 Å². The van der Waals surface area contributed by atoms with Crippen molar-refractivity contribution in [3.63, 3.8) is 0 Å². The second-order valence-electron chi connectivity index (χ2n) is 9.58. The molecular formula is C25H26FN3O10. The Labute approximate surface area is 220 Å². The van der Waals surface area contributed by atoms with Gasteiger partial charge in [0, 0.05) is 36.3 Å². The van der Waals surface area contributed by atoms with E-state index in [1.54, 1.807) is 12.1 Å². The Hall–Kier alpha value is -3.50. The molecule has 1 atom stereocenters. The molecule has 3 aliphatic rings. The van der Waals surface area contributed by atoms with Crippen LogP contribution in [0.3, 0.4) is 0 Å². The highest BCUT2D eigenvalue weighted by Crippen LogP contribution is 2.42. The van der Waals surface area contributed by atoms with E-state index in [0.29, 0.717) is 19.8 Å². The zero-order valence-electron chi connectivity index (χ0n) is 20.5. The van der Waals surface area contributed by atoms with Crippen molar-refractivity contribution < 1.29 is 53.8 Å². The predicted octanol–water partition coefficient (Wildman–Crippen LogP) is -2.10. The molecule has 39 heavy (non-hydrogen) atoms. The van der Waals surface area contributed by atoms with E-state index in [2.05, 4.69) is 4.90 Å². The molecule has 0 spiro atoms. The highest BCUT2D eigenvalue weighted by molar-refractivity contribution is 6.10. The Morgan fingerprint density at radius 2 is 1.72 bits per heavy atom. The van der Waals surface area contributed by atoms with E-state index < -0.39 is 47.4 Å². The minimum absolute atomic E-state index is 0.0665. The van der Waals surface area contributed by atoms with Crippen LogP contribution < -0.4 is 10.1 Å². The van der Waals surface area contributed by atoms with Gasteiger partial charge in [-0.15, -0.1) is 0 Å². The number of imide groups is 1. The standard InChI is InChI=1S/C25H26FN3O10/c26-18-10-14(11-28-6-8-38-9-7-28)4-5-15(18)13-39-19-3-1-2-16-17(19)12-29(20(16)30)23(33)21(31)27-22(32)24(34,35)25(23,36)37/h1-5,10,33-37H,6-9,11-13H2,(H,27,31,32). The third-order valence-electron chi connectivity index (χ3n) is 7.16. The number of amides is 3. The molecule has 3 aliphatic heterocycles. The van der Waals surface area contributed by atoms with Crippen LogP contribution in [0.2, 0.25) is 0 Å². The minimum atomic E-state index is -4.20. The summed E-state index contributed by atoms with van der Waals surface area (Å²) >= 11 is 0. The molecule has 3 heterocycles. The number of carbonyl (C=O) groups is 3. The quantitative estimate of drug-likeness (QED) is 0.172. The van der Waals surface area contributed by atoms with Crippen molar-refractivity contribution in [2.75, 3.05) is 26.3 Å². The van der Waals surface area contributed by atoms with E-state index in [4.69, 9.17) is 9.47 Å². The first-order valence-electron chi connectivity index (χ1n) is 12.0. The predicted molar refractivity (Wildman–Crippen MR) is 126 cm³/mol. The van der Waals surface area contributed by atoms with Crippen molar-refractivity contribution in [3.05, 3.63) is 64.5 Å². The lowest BCUT2D eigenvalue weighted by Gasteiger charge is -2.50. The number of morpholine rings is 1. The number of rotatable bonds is 6. The van der Waals surface area contributed by atoms with Gasteiger partial charge in [-0.2, -0.15) is 0 Å². The number of nitrogens with one attached hydrogen (secondary N) is 1. The molecule has 3 amide bonds. The molecule has 0 saturated carbocycles. The summed E-state index contributed by atoms with van der Waals surface area (Å²) in [6, 6.07) is 8.93. The van der Waals surface area contributed by atoms with Crippen LogP contribution in [0.25, 0.3) is 0 Å². The van der Waals surface area contributed by atoms with E-state index in [9.17, 15) is 44.3 Å². The van der Waals surface area contributed by atoms with Crippen molar-refractivity contribution >= 4 is 17.7 Å². The first-order chi connectivity index (χ1) is 18.4. The Kier molecular flexibility index (Phi) is 6.67. The lowest BCUT2D eigenvalue weighted by atomic mass is 9.86. The molecule has 2 fully saturated rings. The van der Waals surface area contributed by atoms with Crippen LogP contribution in [0.1, 0.15) is 27.0 Å². The maximum Gasteiger partial charge on any atom is 0.306 e. The van der Waals surface area contributed by atoms with Crippen molar-refractivity contribution in [1.82, 2.24) is 15.1 Å². The Bertz CT molecular complexity index is 1340. The summed E-state index contributed by atoms with van der Waals surface area (Å²) in [5.41, 5.74) is -2.69. The van der Waals surface area contributed by atoms with Gasteiger partial charge in [-0.05, 0) is 23.8 Å². The van der Waals surface area contributed by atoms with E-state index in [-0.39, 0.29) is 33.9 Å². The summed E-state index contributed by atoms with van der Waals surface area (Å²) in [5, 5.41) is 52.9. The SMILES string of the molecule is O=C1c2cccc(OCc3ccc(CN4CCOCC4)cc3F)c2CN1C1(O)C(=O)NC(=O)C(O)(O)C1(O)O. The molecule has 2 saturated heterocycles. The van der Waals surface area contributed by atoms with Gasteiger partial charge in [0.1, 0.15) is 18.2 Å². The second kappa shape index (κ2) is 9.60. The molecule has 5 rings (SSSR count). The Morgan fingerprint density at radius 1 is 1.00 bits per heavy atom. The van der Waals surface area contributed by atoms with E-state index in [1.807, 2.05) is 0 Å². The number of benzene rings is 2. The summed E-state index contributed by atoms with van der Waals surface area (Å²) in [6.45, 7) is 2.41. The maximum absolute atomic E-state index is 14.8. The molecule has 1 unspecified atom stereocenters. The van der Waals surface area contributed by atoms with Gasteiger partial charge in [0.25, 0.3) is 29.2 Å². The van der Waals surface area contributed by atoms with E-state index in [0.717, 1.165) is 18.7 Å². The average molecular weight is 547 g/mol. The maximum atomic E-state index is 14.8. The average Bonchev–Trinajstić information content (AvgIpc) is 3.24. The van der Waals surface area contributed by atoms with E-state index in [1.165, 1.54) is 29.6 Å². The number of carbonyl (C=O) groups excluding carboxylic acids is 3. The van der Waals surface area contributed by atoms with Crippen LogP contribution in [0.15, 0.2) is 36.4 Å². The molecule has 208 valence electrons. The van der Waals surface area contributed by atoms with Crippen LogP contribution in [0.4, 0.5) is 4.39 Å². The van der Waals surface area contributed by atoms with E-state index >= 15 is 0 Å². The molecule has 0 aromatic heterocycles. The second-order valence-corrected chi connectivity index (χ2v) is 9.58. The number of aliphatic hydroxyl groups is 5. The van der Waals surface area contributed by atoms with Crippen LogP contribution in [0.5, 0.6) is 5.75 Å². The molecule has 13 nitrogen and oxygen atoms in total. The fraction of sp³-hybridized carbons (Fsp3) is 0.400. The van der Waals surface area contributed by atoms with Gasteiger partial charge in [0.15, 0.2) is 0 Å². The van der Waals surface area contributed by atoms with Crippen LogP contribution in [-0.2, 0) is 34.0 Å². The van der Waals surface area contributed by atoms with Crippen LogP contribution in [0, 0.1) is 5.82 Å². The summed E-state index contributed by atoms with van der Waals surface area (Å²) in [4.78, 5) is 39.8. The monoisotopic (exact) mass is 547 g/mol. The summed E-state index contributed by atoms with van der Waals surface area (Å²) in [6.07, 6.45) is 0. The molecule has 0 bridgehead atoms. The lowest BCUT2D eigenvalue weighted by Crippen LogP contribution is -2.85. The highest BCUT2D eigenvalue weighted by Gasteiger charge is 2.76. The molecule has 14 heteroatoms. The molecule has 0 aliphatic carbocycles.